The van der Waals surface area contributed by atoms with Crippen molar-refractivity contribution in [3.8, 4) is 34.0 Å². The van der Waals surface area contributed by atoms with Gasteiger partial charge in [-0.3, -0.25) is 20.2 Å². The third-order valence-electron chi connectivity index (χ3n) is 7.54. The van der Waals surface area contributed by atoms with Crippen LogP contribution in [0, 0.1) is 31.9 Å². The lowest BCUT2D eigenvalue weighted by Gasteiger charge is -2.10. The van der Waals surface area contributed by atoms with E-state index >= 15 is 0 Å². The van der Waals surface area contributed by atoms with Gasteiger partial charge in [0.05, 0.1) is 29.8 Å². The number of aromatic nitrogens is 2. The van der Waals surface area contributed by atoms with Crippen molar-refractivity contribution in [1.82, 2.24) is 9.97 Å². The molecule has 0 saturated carbocycles. The van der Waals surface area contributed by atoms with E-state index in [1.165, 1.54) is 67.8 Å². The minimum atomic E-state index is -1.51. The Morgan fingerprint density at radius 3 is 1.50 bits per heavy atom. The molecule has 13 nitrogen and oxygen atoms in total. The molecule has 0 atom stereocenters. The summed E-state index contributed by atoms with van der Waals surface area (Å²) < 4.78 is 35.8. The average molecular weight is 833 g/mol. The lowest BCUT2D eigenvalue weighted by atomic mass is 9.80. The number of hydrogen-bond donors (Lipinski definition) is 3. The second-order valence-electron chi connectivity index (χ2n) is 11.2. The zero-order chi connectivity index (χ0) is 41.2. The van der Waals surface area contributed by atoms with Crippen molar-refractivity contribution < 1.29 is 43.3 Å². The Kier molecular flexibility index (Phi) is 17.6. The van der Waals surface area contributed by atoms with Gasteiger partial charge in [0.25, 0.3) is 11.4 Å². The van der Waals surface area contributed by atoms with Gasteiger partial charge in [-0.25, -0.2) is 18.7 Å². The number of nitro benzene ring substituents is 2. The number of pyridine rings is 2. The van der Waals surface area contributed by atoms with Gasteiger partial charge in [0.1, 0.15) is 34.5 Å². The van der Waals surface area contributed by atoms with E-state index in [1.807, 2.05) is 12.1 Å². The van der Waals surface area contributed by atoms with Crippen LogP contribution in [0.25, 0.3) is 22.5 Å². The maximum atomic E-state index is 13.0. The predicted molar refractivity (Wildman–Crippen MR) is 212 cm³/mol. The zero-order valence-electron chi connectivity index (χ0n) is 30.3. The smallest absolute Gasteiger partial charge is 0.488 e. The molecule has 0 fully saturated rings. The number of halogens is 3. The maximum absolute atomic E-state index is 13.0. The highest BCUT2D eigenvalue weighted by Crippen LogP contribution is 2.32. The molecule has 6 aromatic rings. The largest absolute Gasteiger partial charge is 0.494 e. The molecule has 290 valence electrons. The highest BCUT2D eigenvalue weighted by Gasteiger charge is 2.15. The van der Waals surface area contributed by atoms with E-state index in [1.54, 1.807) is 55.6 Å². The third kappa shape index (κ3) is 13.0. The van der Waals surface area contributed by atoms with E-state index in [9.17, 15) is 29.0 Å². The average Bonchev–Trinajstić information content (AvgIpc) is 3.22. The number of benzene rings is 4. The Hall–Kier alpha value is -6.14. The lowest BCUT2D eigenvalue weighted by Crippen LogP contribution is -2.29. The molecule has 0 amide bonds. The number of hydrogen-bond acceptors (Lipinski definition) is 11. The van der Waals surface area contributed by atoms with E-state index in [-0.39, 0.29) is 23.0 Å². The van der Waals surface area contributed by atoms with Gasteiger partial charge >= 0.3 is 7.12 Å². The Labute approximate surface area is 329 Å². The van der Waals surface area contributed by atoms with E-state index < -0.39 is 17.0 Å². The summed E-state index contributed by atoms with van der Waals surface area (Å²) in [5.74, 6) is 0.446. The summed E-state index contributed by atoms with van der Waals surface area (Å²) in [7, 11) is 2.56. The van der Waals surface area contributed by atoms with Gasteiger partial charge in [-0.2, -0.15) is 0 Å². The van der Waals surface area contributed by atoms with E-state index in [0.29, 0.717) is 51.2 Å². The monoisotopic (exact) mass is 832 g/mol. The van der Waals surface area contributed by atoms with Gasteiger partial charge in [0.15, 0.2) is 0 Å². The number of ether oxygens (including phenoxy) is 2. The third-order valence-corrected chi connectivity index (χ3v) is 8.11. The SMILES string of the molecule is CO.COc1ccc(CBr)nc1-c1cccc([N+](=O)[O-])c1.COc1ccc(Cc2ccc(F)cc2)nc1-c1cccc([N+](=O)[O-])c1.OB(O)c1ccc(F)cc1. The normalized spacial score (nSPS) is 9.95. The molecule has 0 aliphatic rings. The molecule has 0 aliphatic heterocycles. The summed E-state index contributed by atoms with van der Waals surface area (Å²) in [5.41, 5.74) is 5.23. The molecule has 0 saturated heterocycles. The molecule has 3 N–H and O–H groups in total. The molecule has 0 aliphatic carbocycles. The molecule has 17 heteroatoms. The summed E-state index contributed by atoms with van der Waals surface area (Å²) in [6.07, 6.45) is 0.520. The molecule has 0 radical (unpaired) electrons. The van der Waals surface area contributed by atoms with E-state index in [0.717, 1.165) is 24.1 Å². The quantitative estimate of drug-likeness (QED) is 0.0554. The van der Waals surface area contributed by atoms with Crippen LogP contribution in [-0.4, -0.2) is 63.4 Å². The summed E-state index contributed by atoms with van der Waals surface area (Å²) in [6.45, 7) is 0. The second-order valence-corrected chi connectivity index (χ2v) is 11.7. The number of aliphatic hydroxyl groups excluding tert-OH is 1. The molecular weight excluding hydrogens is 797 g/mol. The van der Waals surface area contributed by atoms with Crippen LogP contribution in [0.15, 0.2) is 121 Å². The Bertz CT molecular complexity index is 2200. The van der Waals surface area contributed by atoms with Crippen molar-refractivity contribution in [2.45, 2.75) is 11.8 Å². The number of nitro groups is 2. The molecule has 0 spiro atoms. The number of alkyl halides is 1. The van der Waals surface area contributed by atoms with Crippen molar-refractivity contribution in [2.75, 3.05) is 21.3 Å². The highest BCUT2D eigenvalue weighted by molar-refractivity contribution is 9.08. The summed E-state index contributed by atoms with van der Waals surface area (Å²) in [4.78, 5) is 30.0. The van der Waals surface area contributed by atoms with Gasteiger partial charge < -0.3 is 24.6 Å². The van der Waals surface area contributed by atoms with Crippen LogP contribution in [0.1, 0.15) is 17.0 Å². The number of nitrogens with zero attached hydrogens (tertiary/aromatic N) is 4. The summed E-state index contributed by atoms with van der Waals surface area (Å²) in [6, 6.07) is 31.0. The first-order chi connectivity index (χ1) is 26.9. The number of aliphatic hydroxyl groups is 1. The molecule has 4 aromatic carbocycles. The van der Waals surface area contributed by atoms with Crippen molar-refractivity contribution in [3.05, 3.63) is 170 Å². The Balaban J connectivity index is 0.000000239. The number of rotatable bonds is 10. The van der Waals surface area contributed by atoms with Gasteiger partial charge in [-0.15, -0.1) is 0 Å². The van der Waals surface area contributed by atoms with Crippen molar-refractivity contribution in [2.24, 2.45) is 0 Å². The van der Waals surface area contributed by atoms with Crippen molar-refractivity contribution >= 4 is 39.9 Å². The standard InChI is InChI=1S/C19H15FN2O3.C13H11BrN2O3.C6H6BFO2.CH4O/c1-25-18-10-9-16(11-13-5-7-15(20)8-6-13)21-19(18)14-3-2-4-17(12-14)22(23)24;1-19-12-6-5-10(8-14)15-13(12)9-3-2-4-11(7-9)16(17)18;8-6-3-1-5(2-4-6)7(9)10;1-2/h2-10,12H,11H2,1H3;2-7H,8H2,1H3;1-4,9-10H;2H,1H3. The van der Waals surface area contributed by atoms with E-state index in [2.05, 4.69) is 25.9 Å². The van der Waals surface area contributed by atoms with Crippen LogP contribution in [-0.2, 0) is 11.8 Å². The first-order valence-electron chi connectivity index (χ1n) is 16.4. The molecule has 6 rings (SSSR count). The van der Waals surface area contributed by atoms with Crippen LogP contribution in [0.2, 0.25) is 0 Å². The fourth-order valence-corrected chi connectivity index (χ4v) is 5.18. The first-order valence-corrected chi connectivity index (χ1v) is 17.5. The lowest BCUT2D eigenvalue weighted by molar-refractivity contribution is -0.385. The fourth-order valence-electron chi connectivity index (χ4n) is 4.87. The number of non-ortho nitro benzene ring substituents is 2. The van der Waals surface area contributed by atoms with Crippen molar-refractivity contribution in [3.63, 3.8) is 0 Å². The van der Waals surface area contributed by atoms with Gasteiger partial charge in [-0.1, -0.05) is 64.5 Å². The Morgan fingerprint density at radius 1 is 0.661 bits per heavy atom. The number of methoxy groups -OCH3 is 2. The molecular formula is C39H36BBrF2N4O9. The second kappa shape index (κ2) is 22.3. The Morgan fingerprint density at radius 2 is 1.09 bits per heavy atom. The molecule has 2 aromatic heterocycles. The molecule has 0 unspecified atom stereocenters. The van der Waals surface area contributed by atoms with Crippen LogP contribution < -0.4 is 14.9 Å². The van der Waals surface area contributed by atoms with E-state index in [4.69, 9.17) is 24.6 Å². The molecule has 0 bridgehead atoms. The van der Waals surface area contributed by atoms with Gasteiger partial charge in [-0.05, 0) is 59.6 Å². The topological polar surface area (TPSA) is 191 Å². The van der Waals surface area contributed by atoms with Crippen LogP contribution >= 0.6 is 15.9 Å². The van der Waals surface area contributed by atoms with Crippen LogP contribution in [0.5, 0.6) is 11.5 Å². The van der Waals surface area contributed by atoms with Gasteiger partial charge in [0, 0.05) is 59.9 Å². The molecule has 2 heterocycles. The van der Waals surface area contributed by atoms with Crippen LogP contribution in [0.4, 0.5) is 20.2 Å². The summed E-state index contributed by atoms with van der Waals surface area (Å²) >= 11 is 3.34. The maximum Gasteiger partial charge on any atom is 0.488 e. The van der Waals surface area contributed by atoms with Gasteiger partial charge in [0.2, 0.25) is 0 Å². The predicted octanol–water partition coefficient (Wildman–Crippen LogP) is 7.07. The fraction of sp³-hybridized carbons (Fsp3) is 0.128. The highest BCUT2D eigenvalue weighted by atomic mass is 79.9. The minimum absolute atomic E-state index is 0.00899. The zero-order valence-corrected chi connectivity index (χ0v) is 31.8. The molecule has 56 heavy (non-hydrogen) atoms. The van der Waals surface area contributed by atoms with Crippen molar-refractivity contribution in [1.29, 1.82) is 0 Å². The summed E-state index contributed by atoms with van der Waals surface area (Å²) in [5, 5.41) is 46.5. The van der Waals surface area contributed by atoms with Crippen LogP contribution in [0.3, 0.4) is 0 Å². The first kappa shape index (κ1) is 44.3. The minimum Gasteiger partial charge on any atom is -0.494 e.